The zero-order valence-corrected chi connectivity index (χ0v) is 19.2. The summed E-state index contributed by atoms with van der Waals surface area (Å²) in [6.45, 7) is 0.381. The molecule has 10 nitrogen and oxygen atoms in total. The molecular formula is C22H16ClF3N6O4. The molecule has 0 N–H and O–H groups in total. The predicted octanol–water partition coefficient (Wildman–Crippen LogP) is 4.47. The third-order valence-corrected chi connectivity index (χ3v) is 5.79. The van der Waals surface area contributed by atoms with Crippen LogP contribution in [0, 0.1) is 0 Å². The average Bonchev–Trinajstić information content (AvgIpc) is 3.50. The van der Waals surface area contributed by atoms with Crippen molar-refractivity contribution in [2.45, 2.75) is 18.8 Å². The minimum atomic E-state index is -4.89. The van der Waals surface area contributed by atoms with Gasteiger partial charge in [-0.25, -0.2) is 0 Å². The minimum absolute atomic E-state index is 0.00324. The highest BCUT2D eigenvalue weighted by Crippen LogP contribution is 2.38. The Balaban J connectivity index is 1.44. The lowest BCUT2D eigenvalue weighted by Crippen LogP contribution is -2.45. The molecule has 1 unspecified atom stereocenters. The highest BCUT2D eigenvalue weighted by Gasteiger charge is 2.39. The second-order valence-corrected chi connectivity index (χ2v) is 8.03. The van der Waals surface area contributed by atoms with Crippen molar-refractivity contribution >= 4 is 17.5 Å². The highest BCUT2D eigenvalue weighted by atomic mass is 35.5. The normalized spacial score (nSPS) is 15.5. The molecule has 14 heteroatoms. The lowest BCUT2D eigenvalue weighted by molar-refractivity contribution is -0.274. The monoisotopic (exact) mass is 520 g/mol. The molecule has 0 radical (unpaired) electrons. The smallest absolute Gasteiger partial charge is 0.495 e. The van der Waals surface area contributed by atoms with Crippen LogP contribution in [0.1, 0.15) is 28.7 Å². The van der Waals surface area contributed by atoms with Crippen molar-refractivity contribution in [2.75, 3.05) is 13.7 Å². The molecule has 0 aliphatic carbocycles. The minimum Gasteiger partial charge on any atom is -0.495 e. The molecule has 0 spiro atoms. The van der Waals surface area contributed by atoms with Gasteiger partial charge in [0.25, 0.3) is 5.91 Å². The SMILES string of the molecule is COc1cc(C(=O)N2CCC2c2nc(-c3ccccc3OC(F)(F)F)no2)c(-n2nccn2)cc1Cl. The Labute approximate surface area is 206 Å². The van der Waals surface area contributed by atoms with Crippen molar-refractivity contribution in [2.24, 2.45) is 0 Å². The largest absolute Gasteiger partial charge is 0.573 e. The maximum atomic E-state index is 13.5. The fraction of sp³-hybridized carbons (Fsp3) is 0.227. The summed E-state index contributed by atoms with van der Waals surface area (Å²) in [6, 6.07) is 7.86. The van der Waals surface area contributed by atoms with Gasteiger partial charge in [0.2, 0.25) is 11.7 Å². The first kappa shape index (κ1) is 23.6. The summed E-state index contributed by atoms with van der Waals surface area (Å²) >= 11 is 6.26. The molecule has 2 aromatic carbocycles. The molecule has 0 saturated carbocycles. The Morgan fingerprint density at radius 2 is 1.92 bits per heavy atom. The summed E-state index contributed by atoms with van der Waals surface area (Å²) in [6.07, 6.45) is -1.47. The number of alkyl halides is 3. The van der Waals surface area contributed by atoms with E-state index >= 15 is 0 Å². The molecule has 5 rings (SSSR count). The van der Waals surface area contributed by atoms with E-state index in [2.05, 4.69) is 25.1 Å². The van der Waals surface area contributed by atoms with Crippen molar-refractivity contribution in [3.8, 4) is 28.6 Å². The summed E-state index contributed by atoms with van der Waals surface area (Å²) in [4.78, 5) is 20.5. The molecule has 186 valence electrons. The second kappa shape index (κ2) is 9.15. The molecule has 4 aromatic rings. The maximum Gasteiger partial charge on any atom is 0.573 e. The van der Waals surface area contributed by atoms with Crippen LogP contribution in [0.3, 0.4) is 0 Å². The van der Waals surface area contributed by atoms with Gasteiger partial charge >= 0.3 is 6.36 Å². The Morgan fingerprint density at radius 3 is 2.58 bits per heavy atom. The van der Waals surface area contributed by atoms with Gasteiger partial charge < -0.3 is 18.9 Å². The molecule has 2 aromatic heterocycles. The number of aromatic nitrogens is 5. The molecule has 1 fully saturated rings. The summed E-state index contributed by atoms with van der Waals surface area (Å²) in [5.74, 6) is -0.600. The Morgan fingerprint density at radius 1 is 1.17 bits per heavy atom. The van der Waals surface area contributed by atoms with Crippen LogP contribution >= 0.6 is 11.6 Å². The van der Waals surface area contributed by atoms with Crippen LogP contribution < -0.4 is 9.47 Å². The number of likely N-dealkylation sites (tertiary alicyclic amines) is 1. The van der Waals surface area contributed by atoms with E-state index in [4.69, 9.17) is 20.9 Å². The quantitative estimate of drug-likeness (QED) is 0.366. The van der Waals surface area contributed by atoms with Gasteiger partial charge in [-0.1, -0.05) is 28.9 Å². The van der Waals surface area contributed by atoms with Crippen molar-refractivity contribution in [1.29, 1.82) is 0 Å². The molecule has 1 amide bonds. The van der Waals surface area contributed by atoms with E-state index < -0.39 is 24.1 Å². The zero-order valence-electron chi connectivity index (χ0n) is 18.4. The van der Waals surface area contributed by atoms with Crippen LogP contribution in [0.2, 0.25) is 5.02 Å². The fourth-order valence-corrected chi connectivity index (χ4v) is 4.00. The zero-order chi connectivity index (χ0) is 25.4. The fourth-order valence-electron chi connectivity index (χ4n) is 3.76. The molecule has 3 heterocycles. The first-order chi connectivity index (χ1) is 17.2. The molecule has 1 atom stereocenters. The van der Waals surface area contributed by atoms with E-state index in [1.807, 2.05) is 0 Å². The Bertz CT molecular complexity index is 1410. The van der Waals surface area contributed by atoms with E-state index in [1.165, 1.54) is 59.5 Å². The number of carbonyl (C=O) groups excluding carboxylic acids is 1. The number of hydrogen-bond donors (Lipinski definition) is 0. The number of nitrogens with zero attached hydrogens (tertiary/aromatic N) is 6. The first-order valence-electron chi connectivity index (χ1n) is 10.5. The summed E-state index contributed by atoms with van der Waals surface area (Å²) in [5, 5.41) is 12.2. The molecular weight excluding hydrogens is 505 g/mol. The number of ether oxygens (including phenoxy) is 2. The van der Waals surface area contributed by atoms with Crippen molar-refractivity contribution < 1.29 is 32.0 Å². The standard InChI is InChI=1S/C22H16ClF3N6O4/c1-34-18-10-13(16(11-14(18)23)32-27-7-8-28-32)21(33)31-9-6-15(31)20-29-19(30-36-20)12-4-2-3-5-17(12)35-22(24,25)26/h2-5,7-8,10-11,15H,6,9H2,1H3. The van der Waals surface area contributed by atoms with Crippen molar-refractivity contribution in [3.63, 3.8) is 0 Å². The van der Waals surface area contributed by atoms with Gasteiger partial charge in [-0.3, -0.25) is 4.79 Å². The highest BCUT2D eigenvalue weighted by molar-refractivity contribution is 6.32. The molecule has 1 aliphatic heterocycles. The van der Waals surface area contributed by atoms with Gasteiger partial charge in [0.15, 0.2) is 0 Å². The second-order valence-electron chi connectivity index (χ2n) is 7.63. The number of hydrogen-bond acceptors (Lipinski definition) is 8. The number of para-hydroxylation sites is 1. The van der Waals surface area contributed by atoms with Gasteiger partial charge in [-0.05, 0) is 30.7 Å². The number of halogens is 4. The number of carbonyl (C=O) groups is 1. The third-order valence-electron chi connectivity index (χ3n) is 5.50. The van der Waals surface area contributed by atoms with Gasteiger partial charge in [0.1, 0.15) is 23.2 Å². The van der Waals surface area contributed by atoms with Crippen LogP contribution in [0.5, 0.6) is 11.5 Å². The number of benzene rings is 2. The summed E-state index contributed by atoms with van der Waals surface area (Å²) in [5.41, 5.74) is 0.559. The van der Waals surface area contributed by atoms with Crippen molar-refractivity contribution in [3.05, 3.63) is 65.3 Å². The average molecular weight is 521 g/mol. The lowest BCUT2D eigenvalue weighted by atomic mass is 10.00. The summed E-state index contributed by atoms with van der Waals surface area (Å²) < 4.78 is 53.0. The molecule has 0 bridgehead atoms. The van der Waals surface area contributed by atoms with Gasteiger partial charge in [-0.15, -0.1) is 13.2 Å². The number of rotatable bonds is 6. The lowest BCUT2D eigenvalue weighted by Gasteiger charge is -2.38. The van der Waals surface area contributed by atoms with Crippen LogP contribution in [0.4, 0.5) is 13.2 Å². The maximum absolute atomic E-state index is 13.5. The predicted molar refractivity (Wildman–Crippen MR) is 118 cm³/mol. The van der Waals surface area contributed by atoms with Gasteiger partial charge in [0.05, 0.1) is 35.7 Å². The Kier molecular flexibility index (Phi) is 6.00. The van der Waals surface area contributed by atoms with Crippen LogP contribution in [0.25, 0.3) is 17.1 Å². The number of amides is 1. The van der Waals surface area contributed by atoms with Crippen LogP contribution in [-0.2, 0) is 0 Å². The van der Waals surface area contributed by atoms with Crippen molar-refractivity contribution in [1.82, 2.24) is 30.0 Å². The molecule has 1 saturated heterocycles. The number of methoxy groups -OCH3 is 1. The van der Waals surface area contributed by atoms with E-state index in [0.29, 0.717) is 18.7 Å². The molecule has 36 heavy (non-hydrogen) atoms. The third kappa shape index (κ3) is 4.44. The van der Waals surface area contributed by atoms with E-state index in [1.54, 1.807) is 0 Å². The molecule has 1 aliphatic rings. The topological polar surface area (TPSA) is 108 Å². The summed E-state index contributed by atoms with van der Waals surface area (Å²) in [7, 11) is 1.42. The Hall–Kier alpha value is -4.13. The first-order valence-corrected chi connectivity index (χ1v) is 10.9. The van der Waals surface area contributed by atoms with E-state index in [-0.39, 0.29) is 33.6 Å². The van der Waals surface area contributed by atoms with Crippen LogP contribution in [0.15, 0.2) is 53.3 Å². The van der Waals surface area contributed by atoms with Gasteiger partial charge in [0, 0.05) is 6.54 Å². The van der Waals surface area contributed by atoms with Crippen LogP contribution in [-0.4, -0.2) is 56.0 Å². The van der Waals surface area contributed by atoms with E-state index in [9.17, 15) is 18.0 Å². The van der Waals surface area contributed by atoms with Gasteiger partial charge in [-0.2, -0.15) is 20.0 Å². The van der Waals surface area contributed by atoms with E-state index in [0.717, 1.165) is 6.07 Å².